The summed E-state index contributed by atoms with van der Waals surface area (Å²) in [4.78, 5) is 62.9. The molecule has 3 atom stereocenters. The first-order chi connectivity index (χ1) is 17.4. The number of thioether (sulfide) groups is 1. The molecule has 3 aliphatic rings. The van der Waals surface area contributed by atoms with Crippen molar-refractivity contribution in [2.45, 2.75) is 114 Å². The van der Waals surface area contributed by atoms with Crippen molar-refractivity contribution in [1.29, 1.82) is 0 Å². The zero-order valence-electron chi connectivity index (χ0n) is 21.1. The molecule has 11 heteroatoms. The molecule has 0 spiro atoms. The molecular weight excluding hydrogens is 484 g/mol. The maximum Gasteiger partial charge on any atom is 0.333 e. The summed E-state index contributed by atoms with van der Waals surface area (Å²) in [7, 11) is 0. The average Bonchev–Trinajstić information content (AvgIpc) is 3.50. The Kier molecular flexibility index (Phi) is 11.8. The lowest BCUT2D eigenvalue weighted by atomic mass is 10.0. The minimum absolute atomic E-state index is 0.0533. The van der Waals surface area contributed by atoms with Crippen LogP contribution in [0.2, 0.25) is 0 Å². The maximum atomic E-state index is 12.0. The normalized spacial score (nSPS) is 22.9. The van der Waals surface area contributed by atoms with Gasteiger partial charge in [-0.2, -0.15) is 11.8 Å². The third-order valence-electron chi connectivity index (χ3n) is 6.91. The number of imide groups is 1. The van der Waals surface area contributed by atoms with E-state index in [4.69, 9.17) is 4.84 Å². The van der Waals surface area contributed by atoms with Gasteiger partial charge in [-0.15, -0.1) is 5.06 Å². The van der Waals surface area contributed by atoms with Crippen LogP contribution in [0.3, 0.4) is 0 Å². The predicted molar refractivity (Wildman–Crippen MR) is 136 cm³/mol. The van der Waals surface area contributed by atoms with Crippen LogP contribution in [-0.4, -0.2) is 64.4 Å². The Morgan fingerprint density at radius 3 is 2.22 bits per heavy atom. The summed E-state index contributed by atoms with van der Waals surface area (Å²) in [5.74, 6) is -0.319. The molecule has 1 unspecified atom stereocenters. The van der Waals surface area contributed by atoms with Gasteiger partial charge in [-0.05, 0) is 25.7 Å². The lowest BCUT2D eigenvalue weighted by Gasteiger charge is -2.16. The van der Waals surface area contributed by atoms with Gasteiger partial charge in [0.25, 0.3) is 11.8 Å². The number of hydrogen-bond acceptors (Lipinski definition) is 7. The molecule has 0 saturated carbocycles. The van der Waals surface area contributed by atoms with E-state index in [0.717, 1.165) is 76.5 Å². The molecule has 0 bridgehead atoms. The monoisotopic (exact) mass is 524 g/mol. The first kappa shape index (κ1) is 28.3. The quantitative estimate of drug-likeness (QED) is 0.151. The van der Waals surface area contributed by atoms with Crippen molar-refractivity contribution < 1.29 is 28.8 Å². The van der Waals surface area contributed by atoms with E-state index in [1.165, 1.54) is 0 Å². The molecule has 3 aliphatic heterocycles. The van der Waals surface area contributed by atoms with Gasteiger partial charge in [-0.25, -0.2) is 9.59 Å². The largest absolute Gasteiger partial charge is 0.356 e. The van der Waals surface area contributed by atoms with E-state index in [1.54, 1.807) is 0 Å². The summed E-state index contributed by atoms with van der Waals surface area (Å²) in [5, 5.41) is 10.0. The van der Waals surface area contributed by atoms with Gasteiger partial charge in [0.05, 0.1) is 12.1 Å². The third-order valence-corrected chi connectivity index (χ3v) is 8.42. The van der Waals surface area contributed by atoms with Crippen molar-refractivity contribution in [3.8, 4) is 0 Å². The summed E-state index contributed by atoms with van der Waals surface area (Å²) in [6.07, 6.45) is 12.0. The fourth-order valence-corrected chi connectivity index (χ4v) is 6.39. The van der Waals surface area contributed by atoms with E-state index in [-0.39, 0.29) is 43.3 Å². The van der Waals surface area contributed by atoms with Crippen LogP contribution in [0.25, 0.3) is 0 Å². The molecule has 3 saturated heterocycles. The second-order valence-electron chi connectivity index (χ2n) is 9.84. The van der Waals surface area contributed by atoms with Crippen LogP contribution >= 0.6 is 11.8 Å². The minimum Gasteiger partial charge on any atom is -0.356 e. The van der Waals surface area contributed by atoms with Gasteiger partial charge < -0.3 is 20.8 Å². The summed E-state index contributed by atoms with van der Waals surface area (Å²) >= 11 is 1.91. The molecule has 3 heterocycles. The maximum absolute atomic E-state index is 12.0. The van der Waals surface area contributed by atoms with Crippen molar-refractivity contribution in [1.82, 2.24) is 21.0 Å². The summed E-state index contributed by atoms with van der Waals surface area (Å²) in [5.41, 5.74) is 0. The highest BCUT2D eigenvalue weighted by Gasteiger charge is 2.42. The van der Waals surface area contributed by atoms with E-state index < -0.39 is 17.8 Å². The third kappa shape index (κ3) is 9.29. The van der Waals surface area contributed by atoms with Crippen LogP contribution in [0.15, 0.2) is 0 Å². The fourth-order valence-electron chi connectivity index (χ4n) is 4.85. The number of carbonyl (C=O) groups is 5. The SMILES string of the molecule is O=C(CCCCC1SC[C@H]2NC(=O)N[C@@H]12)NCCCCCCCCCCC(=O)ON1C(=O)CCC1=O. The van der Waals surface area contributed by atoms with Gasteiger partial charge >= 0.3 is 12.0 Å². The Bertz CT molecular complexity index is 779. The van der Waals surface area contributed by atoms with Gasteiger partial charge in [0, 0.05) is 43.2 Å². The number of nitrogens with zero attached hydrogens (tertiary/aromatic N) is 1. The zero-order valence-corrected chi connectivity index (χ0v) is 21.9. The molecule has 10 nitrogen and oxygen atoms in total. The highest BCUT2D eigenvalue weighted by atomic mass is 32.2. The first-order valence-corrected chi connectivity index (χ1v) is 14.5. The first-order valence-electron chi connectivity index (χ1n) is 13.5. The fraction of sp³-hybridized carbons (Fsp3) is 0.800. The Labute approximate surface area is 217 Å². The van der Waals surface area contributed by atoms with Crippen LogP contribution in [0.1, 0.15) is 96.3 Å². The number of hydrogen-bond donors (Lipinski definition) is 3. The number of amides is 5. The molecule has 0 aromatic heterocycles. The van der Waals surface area contributed by atoms with Gasteiger partial charge in [0.1, 0.15) is 0 Å². The van der Waals surface area contributed by atoms with E-state index in [2.05, 4.69) is 16.0 Å². The van der Waals surface area contributed by atoms with Crippen molar-refractivity contribution in [3.63, 3.8) is 0 Å². The van der Waals surface area contributed by atoms with E-state index in [1.807, 2.05) is 11.8 Å². The smallest absolute Gasteiger partial charge is 0.333 e. The van der Waals surface area contributed by atoms with Crippen molar-refractivity contribution in [2.75, 3.05) is 12.3 Å². The number of nitrogens with one attached hydrogen (secondary N) is 3. The Morgan fingerprint density at radius 1 is 0.861 bits per heavy atom. The van der Waals surface area contributed by atoms with E-state index in [9.17, 15) is 24.0 Å². The number of unbranched alkanes of at least 4 members (excludes halogenated alkanes) is 8. The van der Waals surface area contributed by atoms with Gasteiger partial charge in [0.15, 0.2) is 0 Å². The average molecular weight is 525 g/mol. The number of carbonyl (C=O) groups excluding carboxylic acids is 5. The number of urea groups is 1. The Morgan fingerprint density at radius 2 is 1.50 bits per heavy atom. The Balaban J connectivity index is 1.05. The van der Waals surface area contributed by atoms with Crippen molar-refractivity contribution >= 4 is 41.5 Å². The standard InChI is InChI=1S/C25H40N4O6S/c30-20(12-9-8-11-19-24-18(17-36-19)27-25(34)28-24)26-16-10-6-4-2-1-3-5-7-13-23(33)35-29-21(31)14-15-22(29)32/h18-19,24H,1-17H2,(H,26,30)(H2,27,28,34)/t18-,19?,24-/m1/s1. The predicted octanol–water partition coefficient (Wildman–Crippen LogP) is 2.95. The molecule has 202 valence electrons. The molecule has 0 aromatic carbocycles. The molecule has 0 aromatic rings. The van der Waals surface area contributed by atoms with Crippen LogP contribution in [0.4, 0.5) is 4.79 Å². The van der Waals surface area contributed by atoms with Gasteiger partial charge in [-0.1, -0.05) is 44.9 Å². The van der Waals surface area contributed by atoms with Crippen molar-refractivity contribution in [3.05, 3.63) is 0 Å². The number of hydroxylamine groups is 2. The topological polar surface area (TPSA) is 134 Å². The Hall–Kier alpha value is -2.30. The molecule has 3 rings (SSSR count). The molecule has 36 heavy (non-hydrogen) atoms. The summed E-state index contributed by atoms with van der Waals surface area (Å²) in [6.45, 7) is 0.725. The van der Waals surface area contributed by atoms with Crippen LogP contribution in [-0.2, 0) is 24.0 Å². The zero-order chi connectivity index (χ0) is 25.8. The van der Waals surface area contributed by atoms with Crippen molar-refractivity contribution in [2.24, 2.45) is 0 Å². The highest BCUT2D eigenvalue weighted by Crippen LogP contribution is 2.33. The van der Waals surface area contributed by atoms with Crippen LogP contribution in [0.5, 0.6) is 0 Å². The lowest BCUT2D eigenvalue weighted by Crippen LogP contribution is -2.36. The minimum atomic E-state index is -0.525. The molecule has 0 radical (unpaired) electrons. The van der Waals surface area contributed by atoms with Gasteiger partial charge in [0.2, 0.25) is 5.91 Å². The molecule has 3 N–H and O–H groups in total. The van der Waals surface area contributed by atoms with E-state index in [0.29, 0.717) is 23.2 Å². The number of fused-ring (bicyclic) bond motifs is 1. The molecule has 5 amide bonds. The second-order valence-corrected chi connectivity index (χ2v) is 11.1. The highest BCUT2D eigenvalue weighted by molar-refractivity contribution is 8.00. The summed E-state index contributed by atoms with van der Waals surface area (Å²) in [6, 6.07) is 0.442. The molecular formula is C25H40N4O6S. The number of rotatable bonds is 17. The van der Waals surface area contributed by atoms with Gasteiger partial charge in [-0.3, -0.25) is 14.4 Å². The molecule has 0 aliphatic carbocycles. The second kappa shape index (κ2) is 15.1. The van der Waals surface area contributed by atoms with E-state index >= 15 is 0 Å². The van der Waals surface area contributed by atoms with Crippen LogP contribution in [0, 0.1) is 0 Å². The van der Waals surface area contributed by atoms with Crippen LogP contribution < -0.4 is 16.0 Å². The summed E-state index contributed by atoms with van der Waals surface area (Å²) < 4.78 is 0. The lowest BCUT2D eigenvalue weighted by molar-refractivity contribution is -0.197. The molecule has 3 fully saturated rings.